The minimum absolute atomic E-state index is 0.0110. The van der Waals surface area contributed by atoms with E-state index in [-0.39, 0.29) is 30.1 Å². The summed E-state index contributed by atoms with van der Waals surface area (Å²) in [6.45, 7) is 5.58. The van der Waals surface area contributed by atoms with Gasteiger partial charge in [0, 0.05) is 26.8 Å². The normalized spacial score (nSPS) is 23.6. The lowest BCUT2D eigenvalue weighted by Crippen LogP contribution is -2.73. The number of rotatable bonds is 7. The molecule has 0 aliphatic carbocycles. The highest BCUT2D eigenvalue weighted by atomic mass is 16.5. The van der Waals surface area contributed by atoms with Crippen LogP contribution in [0.15, 0.2) is 0 Å². The maximum atomic E-state index is 12.1. The van der Waals surface area contributed by atoms with Crippen LogP contribution in [0, 0.1) is 0 Å². The van der Waals surface area contributed by atoms with Crippen molar-refractivity contribution in [3.63, 3.8) is 0 Å². The van der Waals surface area contributed by atoms with Crippen LogP contribution in [-0.4, -0.2) is 100 Å². The van der Waals surface area contributed by atoms with Crippen molar-refractivity contribution in [3.05, 3.63) is 0 Å². The summed E-state index contributed by atoms with van der Waals surface area (Å²) < 4.78 is 16.0. The number of morpholine rings is 1. The zero-order valence-electron chi connectivity index (χ0n) is 14.2. The molecule has 23 heavy (non-hydrogen) atoms. The Balaban J connectivity index is 1.76. The van der Waals surface area contributed by atoms with Crippen LogP contribution in [-0.2, 0) is 23.8 Å². The lowest BCUT2D eigenvalue weighted by molar-refractivity contribution is -0.202. The summed E-state index contributed by atoms with van der Waals surface area (Å²) in [6, 6.07) is -0.300. The first kappa shape index (κ1) is 18.1. The van der Waals surface area contributed by atoms with Gasteiger partial charge in [-0.25, -0.2) is 0 Å². The maximum absolute atomic E-state index is 12.1. The van der Waals surface area contributed by atoms with Crippen LogP contribution in [0.4, 0.5) is 0 Å². The van der Waals surface area contributed by atoms with E-state index in [1.54, 1.807) is 12.0 Å². The molecular formula is C15H27N3O5. The molecule has 0 unspecified atom stereocenters. The molecule has 2 heterocycles. The summed E-state index contributed by atoms with van der Waals surface area (Å²) in [7, 11) is 3.51. The van der Waals surface area contributed by atoms with Gasteiger partial charge in [0.15, 0.2) is 0 Å². The van der Waals surface area contributed by atoms with Gasteiger partial charge in [-0.1, -0.05) is 0 Å². The van der Waals surface area contributed by atoms with Gasteiger partial charge >= 0.3 is 0 Å². The van der Waals surface area contributed by atoms with E-state index in [1.165, 1.54) is 0 Å². The summed E-state index contributed by atoms with van der Waals surface area (Å²) in [5.74, 6) is -0.0637. The number of nitrogens with one attached hydrogen (secondary N) is 1. The van der Waals surface area contributed by atoms with Crippen LogP contribution in [0.2, 0.25) is 0 Å². The van der Waals surface area contributed by atoms with Crippen LogP contribution in [0.3, 0.4) is 0 Å². The number of likely N-dealkylation sites (N-methyl/N-ethyl adjacent to an activating group) is 1. The van der Waals surface area contributed by atoms with Crippen molar-refractivity contribution in [1.29, 1.82) is 0 Å². The third-order valence-electron chi connectivity index (χ3n) is 4.27. The van der Waals surface area contributed by atoms with Gasteiger partial charge < -0.3 is 24.4 Å². The molecule has 0 bridgehead atoms. The largest absolute Gasteiger partial charge is 0.383 e. The lowest BCUT2D eigenvalue weighted by atomic mass is 9.90. The van der Waals surface area contributed by atoms with E-state index < -0.39 is 0 Å². The first-order valence-electron chi connectivity index (χ1n) is 7.97. The summed E-state index contributed by atoms with van der Waals surface area (Å²) in [5, 5.41) is 2.83. The predicted octanol–water partition coefficient (Wildman–Crippen LogP) is -1.30. The first-order valence-corrected chi connectivity index (χ1v) is 7.97. The Labute approximate surface area is 137 Å². The van der Waals surface area contributed by atoms with Crippen molar-refractivity contribution < 1.29 is 23.8 Å². The molecule has 0 saturated carbocycles. The maximum Gasteiger partial charge on any atom is 0.248 e. The summed E-state index contributed by atoms with van der Waals surface area (Å²) in [6.07, 6.45) is 0. The van der Waals surface area contributed by atoms with Crippen LogP contribution < -0.4 is 5.32 Å². The van der Waals surface area contributed by atoms with Crippen molar-refractivity contribution >= 4 is 11.8 Å². The number of amides is 2. The Bertz CT molecular complexity index is 425. The van der Waals surface area contributed by atoms with E-state index in [0.717, 1.165) is 0 Å². The van der Waals surface area contributed by atoms with Crippen molar-refractivity contribution in [1.82, 2.24) is 15.1 Å². The molecule has 1 spiro atoms. The number of carbonyl (C=O) groups excluding carboxylic acids is 2. The molecule has 0 aromatic carbocycles. The molecule has 8 nitrogen and oxygen atoms in total. The Morgan fingerprint density at radius 2 is 2.09 bits per heavy atom. The number of hydrogen-bond acceptors (Lipinski definition) is 6. The fourth-order valence-electron chi connectivity index (χ4n) is 2.96. The fraction of sp³-hybridized carbons (Fsp3) is 0.867. The smallest absolute Gasteiger partial charge is 0.248 e. The zero-order valence-corrected chi connectivity index (χ0v) is 14.2. The van der Waals surface area contributed by atoms with Gasteiger partial charge in [-0.3, -0.25) is 14.5 Å². The van der Waals surface area contributed by atoms with Crippen molar-refractivity contribution in [3.8, 4) is 0 Å². The van der Waals surface area contributed by atoms with Crippen LogP contribution >= 0.6 is 0 Å². The topological polar surface area (TPSA) is 80.3 Å². The second-order valence-electron chi connectivity index (χ2n) is 6.10. The molecule has 2 fully saturated rings. The molecule has 2 aliphatic heterocycles. The molecule has 2 rings (SSSR count). The number of carbonyl (C=O) groups is 2. The van der Waals surface area contributed by atoms with Crippen LogP contribution in [0.5, 0.6) is 0 Å². The van der Waals surface area contributed by atoms with E-state index in [1.807, 2.05) is 18.9 Å². The van der Waals surface area contributed by atoms with Crippen molar-refractivity contribution in [2.75, 3.05) is 66.8 Å². The highest BCUT2D eigenvalue weighted by Crippen LogP contribution is 2.30. The molecule has 1 N–H and O–H groups in total. The van der Waals surface area contributed by atoms with E-state index in [9.17, 15) is 9.59 Å². The van der Waals surface area contributed by atoms with Gasteiger partial charge in [0.2, 0.25) is 11.8 Å². The highest BCUT2D eigenvalue weighted by molar-refractivity contribution is 5.82. The molecule has 2 amide bonds. The molecule has 0 aromatic heterocycles. The third-order valence-corrected chi connectivity index (χ3v) is 4.27. The van der Waals surface area contributed by atoms with E-state index in [2.05, 4.69) is 5.32 Å². The number of nitrogens with zero attached hydrogens (tertiary/aromatic N) is 2. The van der Waals surface area contributed by atoms with E-state index >= 15 is 0 Å². The summed E-state index contributed by atoms with van der Waals surface area (Å²) >= 11 is 0. The minimum atomic E-state index is -0.347. The minimum Gasteiger partial charge on any atom is -0.383 e. The lowest BCUT2D eigenvalue weighted by Gasteiger charge is -2.54. The first-order chi connectivity index (χ1) is 11.0. The van der Waals surface area contributed by atoms with E-state index in [4.69, 9.17) is 14.2 Å². The SMILES string of the molecule is CCOCC(=O)N1CC2(C1)CN(C)[C@@H](C(=O)NCCOC)CO2. The Hall–Kier alpha value is -1.22. The number of likely N-dealkylation sites (tertiary alicyclic amines) is 1. The van der Waals surface area contributed by atoms with Crippen LogP contribution in [0.1, 0.15) is 6.92 Å². The zero-order chi connectivity index (χ0) is 16.9. The molecule has 0 aromatic rings. The molecule has 1 atom stereocenters. The number of hydrogen-bond donors (Lipinski definition) is 1. The van der Waals surface area contributed by atoms with Gasteiger partial charge in [-0.2, -0.15) is 0 Å². The molecule has 8 heteroatoms. The van der Waals surface area contributed by atoms with Gasteiger partial charge in [0.05, 0.1) is 26.3 Å². The summed E-state index contributed by atoms with van der Waals surface area (Å²) in [4.78, 5) is 27.7. The molecular weight excluding hydrogens is 302 g/mol. The number of methoxy groups -OCH3 is 1. The molecule has 2 aliphatic rings. The molecule has 0 radical (unpaired) electrons. The van der Waals surface area contributed by atoms with Gasteiger partial charge in [-0.15, -0.1) is 0 Å². The van der Waals surface area contributed by atoms with Crippen molar-refractivity contribution in [2.45, 2.75) is 18.6 Å². The van der Waals surface area contributed by atoms with Crippen molar-refractivity contribution in [2.24, 2.45) is 0 Å². The number of ether oxygens (including phenoxy) is 3. The van der Waals surface area contributed by atoms with E-state index in [0.29, 0.717) is 46.0 Å². The molecule has 132 valence electrons. The second-order valence-corrected chi connectivity index (χ2v) is 6.10. The predicted molar refractivity (Wildman–Crippen MR) is 83.1 cm³/mol. The average Bonchev–Trinajstić information content (AvgIpc) is 2.50. The Morgan fingerprint density at radius 1 is 1.35 bits per heavy atom. The highest BCUT2D eigenvalue weighted by Gasteiger charge is 2.51. The van der Waals surface area contributed by atoms with Gasteiger partial charge in [0.25, 0.3) is 0 Å². The quantitative estimate of drug-likeness (QED) is 0.585. The van der Waals surface area contributed by atoms with Crippen LogP contribution in [0.25, 0.3) is 0 Å². The average molecular weight is 329 g/mol. The Morgan fingerprint density at radius 3 is 2.70 bits per heavy atom. The monoisotopic (exact) mass is 329 g/mol. The third kappa shape index (κ3) is 4.41. The standard InChI is InChI=1S/C15H27N3O5/c1-4-22-8-13(19)18-10-15(11-18)9-17(2)12(7-23-15)14(20)16-5-6-21-3/h12H,4-11H2,1-3H3,(H,16,20)/t12-/m1/s1. The second kappa shape index (κ2) is 8.05. The fourth-order valence-corrected chi connectivity index (χ4v) is 2.96. The Kier molecular flexibility index (Phi) is 6.34. The molecule has 2 saturated heterocycles. The summed E-state index contributed by atoms with van der Waals surface area (Å²) in [5.41, 5.74) is -0.347. The van der Waals surface area contributed by atoms with Gasteiger partial charge in [-0.05, 0) is 14.0 Å². The van der Waals surface area contributed by atoms with Gasteiger partial charge in [0.1, 0.15) is 18.2 Å².